The van der Waals surface area contributed by atoms with Crippen molar-refractivity contribution in [3.8, 4) is 0 Å². The van der Waals surface area contributed by atoms with Gasteiger partial charge in [0.15, 0.2) is 0 Å². The summed E-state index contributed by atoms with van der Waals surface area (Å²) in [5.74, 6) is -0.222. The predicted molar refractivity (Wildman–Crippen MR) is 68.6 cm³/mol. The maximum Gasteiger partial charge on any atom is 0.146 e. The summed E-state index contributed by atoms with van der Waals surface area (Å²) in [6, 6.07) is 6.68. The minimum absolute atomic E-state index is 0.222. The molecule has 0 fully saturated rings. The molecule has 3 nitrogen and oxygen atoms in total. The summed E-state index contributed by atoms with van der Waals surface area (Å²) in [7, 11) is 1.84. The quantitative estimate of drug-likeness (QED) is 0.796. The van der Waals surface area contributed by atoms with E-state index in [4.69, 9.17) is 5.73 Å². The first-order valence-electron chi connectivity index (χ1n) is 5.84. The normalized spacial score (nSPS) is 14.4. The summed E-state index contributed by atoms with van der Waals surface area (Å²) in [5, 5.41) is 9.74. The molecule has 1 unspecified atom stereocenters. The topological polar surface area (TPSA) is 49.5 Å². The van der Waals surface area contributed by atoms with E-state index in [-0.39, 0.29) is 12.4 Å². The van der Waals surface area contributed by atoms with Gasteiger partial charge in [0.25, 0.3) is 0 Å². The summed E-state index contributed by atoms with van der Waals surface area (Å²) in [6.07, 6.45) is 1.39. The number of benzene rings is 1. The minimum atomic E-state index is -0.823. The molecular weight excluding hydrogens is 219 g/mol. The van der Waals surface area contributed by atoms with Gasteiger partial charge in [-0.1, -0.05) is 12.1 Å². The van der Waals surface area contributed by atoms with Crippen molar-refractivity contribution in [2.45, 2.75) is 25.4 Å². The molecule has 0 saturated carbocycles. The maximum absolute atomic E-state index is 13.5. The zero-order valence-corrected chi connectivity index (χ0v) is 10.5. The van der Waals surface area contributed by atoms with E-state index in [2.05, 4.69) is 0 Å². The number of anilines is 1. The van der Waals surface area contributed by atoms with Crippen LogP contribution >= 0.6 is 0 Å². The molecule has 3 N–H and O–H groups in total. The third-order valence-electron chi connectivity index (χ3n) is 2.91. The first-order chi connectivity index (χ1) is 7.96. The van der Waals surface area contributed by atoms with Crippen molar-refractivity contribution in [2.75, 3.05) is 25.0 Å². The van der Waals surface area contributed by atoms with E-state index < -0.39 is 5.60 Å². The summed E-state index contributed by atoms with van der Waals surface area (Å²) in [6.45, 7) is 2.66. The molecule has 0 aliphatic rings. The van der Waals surface area contributed by atoms with Crippen LogP contribution in [0.2, 0.25) is 0 Å². The summed E-state index contributed by atoms with van der Waals surface area (Å²) in [5.41, 5.74) is 5.19. The van der Waals surface area contributed by atoms with Gasteiger partial charge in [0.1, 0.15) is 5.82 Å². The van der Waals surface area contributed by atoms with Gasteiger partial charge in [-0.15, -0.1) is 0 Å². The van der Waals surface area contributed by atoms with Crippen LogP contribution in [0.15, 0.2) is 24.3 Å². The fourth-order valence-corrected chi connectivity index (χ4v) is 1.68. The molecule has 0 heterocycles. The number of nitrogens with zero attached hydrogens (tertiary/aromatic N) is 1. The number of aliphatic hydroxyl groups is 1. The van der Waals surface area contributed by atoms with Gasteiger partial charge in [0, 0.05) is 20.1 Å². The van der Waals surface area contributed by atoms with E-state index >= 15 is 0 Å². The molecule has 96 valence electrons. The summed E-state index contributed by atoms with van der Waals surface area (Å²) >= 11 is 0. The van der Waals surface area contributed by atoms with E-state index in [0.717, 1.165) is 6.42 Å². The smallest absolute Gasteiger partial charge is 0.146 e. The Bertz CT molecular complexity index is 355. The van der Waals surface area contributed by atoms with Crippen LogP contribution in [0.5, 0.6) is 0 Å². The van der Waals surface area contributed by atoms with Gasteiger partial charge in [-0.05, 0) is 31.9 Å². The number of para-hydroxylation sites is 1. The molecule has 0 radical (unpaired) electrons. The Morgan fingerprint density at radius 3 is 2.65 bits per heavy atom. The SMILES string of the molecule is CN(CCCC(C)(O)CN)c1ccccc1F. The molecule has 4 heteroatoms. The van der Waals surface area contributed by atoms with E-state index in [1.165, 1.54) is 6.07 Å². The van der Waals surface area contributed by atoms with Crippen LogP contribution in [0.1, 0.15) is 19.8 Å². The Kier molecular flexibility index (Phi) is 4.90. The predicted octanol–water partition coefficient (Wildman–Crippen LogP) is 1.75. The van der Waals surface area contributed by atoms with Crippen LogP contribution in [-0.4, -0.2) is 30.8 Å². The Morgan fingerprint density at radius 2 is 2.06 bits per heavy atom. The van der Waals surface area contributed by atoms with E-state index in [1.54, 1.807) is 19.1 Å². The van der Waals surface area contributed by atoms with Crippen LogP contribution in [0.3, 0.4) is 0 Å². The van der Waals surface area contributed by atoms with Gasteiger partial charge in [-0.2, -0.15) is 0 Å². The Labute approximate surface area is 102 Å². The maximum atomic E-state index is 13.5. The zero-order valence-electron chi connectivity index (χ0n) is 10.5. The van der Waals surface area contributed by atoms with Crippen LogP contribution in [0, 0.1) is 5.82 Å². The van der Waals surface area contributed by atoms with Crippen LogP contribution in [-0.2, 0) is 0 Å². The number of rotatable bonds is 6. The number of hydrogen-bond donors (Lipinski definition) is 2. The molecule has 1 atom stereocenters. The van der Waals surface area contributed by atoms with Crippen LogP contribution in [0.4, 0.5) is 10.1 Å². The highest BCUT2D eigenvalue weighted by atomic mass is 19.1. The molecule has 0 aliphatic carbocycles. The highest BCUT2D eigenvalue weighted by molar-refractivity contribution is 5.46. The monoisotopic (exact) mass is 240 g/mol. The lowest BCUT2D eigenvalue weighted by molar-refractivity contribution is 0.0585. The zero-order chi connectivity index (χ0) is 12.9. The Morgan fingerprint density at radius 1 is 1.41 bits per heavy atom. The molecule has 0 aliphatic heterocycles. The van der Waals surface area contributed by atoms with Gasteiger partial charge in [-0.25, -0.2) is 4.39 Å². The van der Waals surface area contributed by atoms with Crippen LogP contribution in [0.25, 0.3) is 0 Å². The highest BCUT2D eigenvalue weighted by Crippen LogP contribution is 2.18. The first-order valence-corrected chi connectivity index (χ1v) is 5.84. The number of hydrogen-bond acceptors (Lipinski definition) is 3. The van der Waals surface area contributed by atoms with E-state index in [9.17, 15) is 9.50 Å². The van der Waals surface area contributed by atoms with Crippen LogP contribution < -0.4 is 10.6 Å². The van der Waals surface area contributed by atoms with Gasteiger partial charge >= 0.3 is 0 Å². The second-order valence-electron chi connectivity index (χ2n) is 4.68. The molecular formula is C13H21FN2O. The van der Waals surface area contributed by atoms with Crippen molar-refractivity contribution in [2.24, 2.45) is 5.73 Å². The third-order valence-corrected chi connectivity index (χ3v) is 2.91. The average Bonchev–Trinajstić information content (AvgIpc) is 2.29. The second kappa shape index (κ2) is 5.98. The molecule has 1 aromatic rings. The summed E-state index contributed by atoms with van der Waals surface area (Å²) in [4.78, 5) is 1.85. The Hall–Kier alpha value is -1.13. The molecule has 0 saturated heterocycles. The van der Waals surface area contributed by atoms with Crippen molar-refractivity contribution in [1.29, 1.82) is 0 Å². The first kappa shape index (κ1) is 13.9. The van der Waals surface area contributed by atoms with Gasteiger partial charge < -0.3 is 15.7 Å². The van der Waals surface area contributed by atoms with Gasteiger partial charge in [0.05, 0.1) is 11.3 Å². The fraction of sp³-hybridized carbons (Fsp3) is 0.538. The average molecular weight is 240 g/mol. The lowest BCUT2D eigenvalue weighted by Gasteiger charge is -2.24. The van der Waals surface area contributed by atoms with Crippen molar-refractivity contribution in [3.05, 3.63) is 30.1 Å². The fourth-order valence-electron chi connectivity index (χ4n) is 1.68. The van der Waals surface area contributed by atoms with E-state index in [0.29, 0.717) is 18.7 Å². The van der Waals surface area contributed by atoms with Gasteiger partial charge in [0.2, 0.25) is 0 Å². The minimum Gasteiger partial charge on any atom is -0.389 e. The van der Waals surface area contributed by atoms with Crippen molar-refractivity contribution in [1.82, 2.24) is 0 Å². The molecule has 1 aromatic carbocycles. The lowest BCUT2D eigenvalue weighted by atomic mass is 10.0. The Balaban J connectivity index is 2.46. The molecule has 0 aromatic heterocycles. The highest BCUT2D eigenvalue weighted by Gasteiger charge is 2.17. The van der Waals surface area contributed by atoms with Crippen molar-refractivity contribution in [3.63, 3.8) is 0 Å². The van der Waals surface area contributed by atoms with Crippen molar-refractivity contribution >= 4 is 5.69 Å². The molecule has 0 spiro atoms. The van der Waals surface area contributed by atoms with E-state index in [1.807, 2.05) is 18.0 Å². The lowest BCUT2D eigenvalue weighted by Crippen LogP contribution is -2.35. The third kappa shape index (κ3) is 4.32. The van der Waals surface area contributed by atoms with Crippen molar-refractivity contribution < 1.29 is 9.50 Å². The second-order valence-corrected chi connectivity index (χ2v) is 4.68. The number of nitrogens with two attached hydrogens (primary N) is 1. The molecule has 0 bridgehead atoms. The standard InChI is InChI=1S/C13H21FN2O/c1-13(17,10-15)8-5-9-16(2)12-7-4-3-6-11(12)14/h3-4,6-7,17H,5,8-10,15H2,1-2H3. The molecule has 1 rings (SSSR count). The van der Waals surface area contributed by atoms with Gasteiger partial charge in [-0.3, -0.25) is 0 Å². The molecule has 17 heavy (non-hydrogen) atoms. The summed E-state index contributed by atoms with van der Waals surface area (Å²) < 4.78 is 13.5. The molecule has 0 amide bonds. The largest absolute Gasteiger partial charge is 0.389 e. The number of halogens is 1.